The summed E-state index contributed by atoms with van der Waals surface area (Å²) in [5.74, 6) is -2.71. The predicted octanol–water partition coefficient (Wildman–Crippen LogP) is 4.24. The highest BCUT2D eigenvalue weighted by Gasteiger charge is 2.27. The van der Waals surface area contributed by atoms with Gasteiger partial charge >= 0.3 is 5.97 Å². The molecule has 0 saturated heterocycles. The fraction of sp³-hybridized carbons (Fsp3) is 0.0909. The first-order chi connectivity index (χ1) is 15.6. The summed E-state index contributed by atoms with van der Waals surface area (Å²) in [5.41, 5.74) is 0.191. The van der Waals surface area contributed by atoms with E-state index >= 15 is 0 Å². The van der Waals surface area contributed by atoms with Crippen molar-refractivity contribution in [1.82, 2.24) is 0 Å². The van der Waals surface area contributed by atoms with E-state index < -0.39 is 40.1 Å². The van der Waals surface area contributed by atoms with Gasteiger partial charge in [-0.2, -0.15) is 0 Å². The molecule has 1 amide bonds. The van der Waals surface area contributed by atoms with Gasteiger partial charge < -0.3 is 10.1 Å². The van der Waals surface area contributed by atoms with Crippen molar-refractivity contribution in [2.75, 3.05) is 23.3 Å². The molecule has 7 nitrogen and oxygen atoms in total. The van der Waals surface area contributed by atoms with Crippen molar-refractivity contribution in [3.05, 3.63) is 89.0 Å². The van der Waals surface area contributed by atoms with Crippen molar-refractivity contribution in [2.24, 2.45) is 0 Å². The molecule has 0 unspecified atom stereocenters. The van der Waals surface area contributed by atoms with Gasteiger partial charge in [-0.25, -0.2) is 22.0 Å². The Morgan fingerprint density at radius 1 is 0.970 bits per heavy atom. The summed E-state index contributed by atoms with van der Waals surface area (Å²) in [6.45, 7) is -0.693. The monoisotopic (exact) mass is 494 g/mol. The molecule has 0 aromatic heterocycles. The van der Waals surface area contributed by atoms with Gasteiger partial charge in [0.25, 0.3) is 10.0 Å². The first kappa shape index (κ1) is 24.1. The number of halogens is 3. The van der Waals surface area contributed by atoms with Crippen LogP contribution < -0.4 is 9.62 Å². The number of ether oxygens (including phenoxy) is 1. The van der Waals surface area contributed by atoms with E-state index in [1.54, 1.807) is 0 Å². The number of nitrogens with zero attached hydrogens (tertiary/aromatic N) is 1. The van der Waals surface area contributed by atoms with E-state index in [4.69, 9.17) is 11.6 Å². The number of hydrogen-bond donors (Lipinski definition) is 1. The van der Waals surface area contributed by atoms with Crippen LogP contribution in [0.15, 0.2) is 71.6 Å². The Labute approximate surface area is 193 Å². The molecule has 3 aromatic carbocycles. The molecular weight excluding hydrogens is 478 g/mol. The molecule has 0 heterocycles. The van der Waals surface area contributed by atoms with Crippen LogP contribution in [0, 0.1) is 11.6 Å². The van der Waals surface area contributed by atoms with Crippen LogP contribution >= 0.6 is 11.6 Å². The second kappa shape index (κ2) is 9.97. The van der Waals surface area contributed by atoms with Crippen molar-refractivity contribution >= 4 is 44.9 Å². The summed E-state index contributed by atoms with van der Waals surface area (Å²) in [6.07, 6.45) is 0. The Bertz CT molecular complexity index is 1280. The Morgan fingerprint density at radius 2 is 1.55 bits per heavy atom. The first-order valence-electron chi connectivity index (χ1n) is 9.33. The zero-order valence-corrected chi connectivity index (χ0v) is 18.7. The van der Waals surface area contributed by atoms with Gasteiger partial charge in [0.15, 0.2) is 0 Å². The number of methoxy groups -OCH3 is 1. The zero-order chi connectivity index (χ0) is 24.2. The van der Waals surface area contributed by atoms with Crippen molar-refractivity contribution in [3.8, 4) is 0 Å². The number of amides is 1. The van der Waals surface area contributed by atoms with Crippen LogP contribution in [0.25, 0.3) is 0 Å². The van der Waals surface area contributed by atoms with Crippen molar-refractivity contribution in [3.63, 3.8) is 0 Å². The highest BCUT2D eigenvalue weighted by atomic mass is 35.5. The fourth-order valence-electron chi connectivity index (χ4n) is 2.86. The molecule has 11 heteroatoms. The summed E-state index contributed by atoms with van der Waals surface area (Å²) in [5, 5.41) is 2.59. The maximum atomic E-state index is 13.4. The molecule has 172 valence electrons. The lowest BCUT2D eigenvalue weighted by atomic mass is 10.2. The molecule has 0 spiro atoms. The molecule has 0 bridgehead atoms. The standard InChI is InChI=1S/C22H17ClF2N2O5S/c1-32-22(29)19-12-16(6-11-20(19)23)26-21(28)13-27(17-7-2-14(24)3-8-17)33(30,31)18-9-4-15(25)5-10-18/h2-12H,13H2,1H3,(H,26,28). The molecule has 0 fully saturated rings. The number of nitrogens with one attached hydrogen (secondary N) is 1. The maximum absolute atomic E-state index is 13.4. The second-order valence-electron chi connectivity index (χ2n) is 6.68. The smallest absolute Gasteiger partial charge is 0.339 e. The summed E-state index contributed by atoms with van der Waals surface area (Å²) in [6, 6.07) is 12.6. The minimum atomic E-state index is -4.32. The van der Waals surface area contributed by atoms with Gasteiger partial charge in [0.05, 0.1) is 28.3 Å². The number of carbonyl (C=O) groups is 2. The van der Waals surface area contributed by atoms with Crippen LogP contribution in [0.2, 0.25) is 5.02 Å². The van der Waals surface area contributed by atoms with E-state index in [1.165, 1.54) is 37.4 Å². The Morgan fingerprint density at radius 3 is 2.12 bits per heavy atom. The number of rotatable bonds is 7. The van der Waals surface area contributed by atoms with Gasteiger partial charge in [-0.3, -0.25) is 9.10 Å². The number of benzene rings is 3. The minimum absolute atomic E-state index is 0.00583. The third-order valence-corrected chi connectivity index (χ3v) is 6.58. The van der Waals surface area contributed by atoms with E-state index in [0.29, 0.717) is 0 Å². The Balaban J connectivity index is 1.92. The number of sulfonamides is 1. The summed E-state index contributed by atoms with van der Waals surface area (Å²) in [7, 11) is -3.14. The summed E-state index contributed by atoms with van der Waals surface area (Å²) >= 11 is 5.96. The number of carbonyl (C=O) groups excluding carboxylic acids is 2. The SMILES string of the molecule is COC(=O)c1cc(NC(=O)CN(c2ccc(F)cc2)S(=O)(=O)c2ccc(F)cc2)ccc1Cl. The maximum Gasteiger partial charge on any atom is 0.339 e. The van der Waals surface area contributed by atoms with E-state index in [9.17, 15) is 26.8 Å². The van der Waals surface area contributed by atoms with E-state index in [2.05, 4.69) is 10.1 Å². The molecule has 0 aliphatic carbocycles. The van der Waals surface area contributed by atoms with Gasteiger partial charge in [0, 0.05) is 5.69 Å². The molecule has 33 heavy (non-hydrogen) atoms. The van der Waals surface area contributed by atoms with Crippen LogP contribution in [-0.4, -0.2) is 33.9 Å². The Hall–Kier alpha value is -3.50. The van der Waals surface area contributed by atoms with Gasteiger partial charge in [0.1, 0.15) is 18.2 Å². The van der Waals surface area contributed by atoms with Crippen LogP contribution in [0.3, 0.4) is 0 Å². The number of esters is 1. The Kier molecular flexibility index (Phi) is 7.29. The average molecular weight is 495 g/mol. The molecule has 0 saturated carbocycles. The lowest BCUT2D eigenvalue weighted by Gasteiger charge is -2.24. The molecule has 0 aliphatic heterocycles. The van der Waals surface area contributed by atoms with Gasteiger partial charge in [-0.05, 0) is 66.7 Å². The third kappa shape index (κ3) is 5.65. The van der Waals surface area contributed by atoms with Crippen LogP contribution in [0.4, 0.5) is 20.2 Å². The molecule has 1 N–H and O–H groups in total. The lowest BCUT2D eigenvalue weighted by molar-refractivity contribution is -0.114. The first-order valence-corrected chi connectivity index (χ1v) is 11.1. The highest BCUT2D eigenvalue weighted by molar-refractivity contribution is 7.92. The van der Waals surface area contributed by atoms with Gasteiger partial charge in [-0.1, -0.05) is 11.6 Å². The van der Waals surface area contributed by atoms with Gasteiger partial charge in [-0.15, -0.1) is 0 Å². The van der Waals surface area contributed by atoms with E-state index in [1.807, 2.05) is 0 Å². The summed E-state index contributed by atoms with van der Waals surface area (Å²) < 4.78 is 58.5. The number of anilines is 2. The fourth-order valence-corrected chi connectivity index (χ4v) is 4.47. The molecule has 3 rings (SSSR count). The normalized spacial score (nSPS) is 11.0. The molecule has 0 radical (unpaired) electrons. The third-order valence-electron chi connectivity index (χ3n) is 4.46. The van der Waals surface area contributed by atoms with E-state index in [-0.39, 0.29) is 26.9 Å². The van der Waals surface area contributed by atoms with Crippen LogP contribution in [0.5, 0.6) is 0 Å². The average Bonchev–Trinajstić information content (AvgIpc) is 2.79. The molecule has 0 atom stereocenters. The quantitative estimate of drug-likeness (QED) is 0.496. The van der Waals surface area contributed by atoms with Crippen LogP contribution in [-0.2, 0) is 19.6 Å². The number of hydrogen-bond acceptors (Lipinski definition) is 5. The molecular formula is C22H17ClF2N2O5S. The van der Waals surface area contributed by atoms with E-state index in [0.717, 1.165) is 40.7 Å². The predicted molar refractivity (Wildman–Crippen MR) is 119 cm³/mol. The van der Waals surface area contributed by atoms with Crippen LogP contribution in [0.1, 0.15) is 10.4 Å². The highest BCUT2D eigenvalue weighted by Crippen LogP contribution is 2.25. The van der Waals surface area contributed by atoms with Crippen molar-refractivity contribution < 1.29 is 31.5 Å². The molecule has 3 aromatic rings. The molecule has 0 aliphatic rings. The van der Waals surface area contributed by atoms with Crippen molar-refractivity contribution in [2.45, 2.75) is 4.90 Å². The minimum Gasteiger partial charge on any atom is -0.465 e. The summed E-state index contributed by atoms with van der Waals surface area (Å²) in [4.78, 5) is 24.3. The van der Waals surface area contributed by atoms with Crippen molar-refractivity contribution in [1.29, 1.82) is 0 Å². The van der Waals surface area contributed by atoms with Gasteiger partial charge in [0.2, 0.25) is 5.91 Å². The largest absolute Gasteiger partial charge is 0.465 e. The topological polar surface area (TPSA) is 92.8 Å². The lowest BCUT2D eigenvalue weighted by Crippen LogP contribution is -2.38. The second-order valence-corrected chi connectivity index (χ2v) is 8.95. The zero-order valence-electron chi connectivity index (χ0n) is 17.1.